The molecule has 2 nitrogen and oxygen atoms in total. The van der Waals surface area contributed by atoms with E-state index in [1.54, 1.807) is 6.92 Å². The first kappa shape index (κ1) is 10.5. The summed E-state index contributed by atoms with van der Waals surface area (Å²) in [5.41, 5.74) is 0.0814. The molecule has 0 spiro atoms. The Morgan fingerprint density at radius 2 is 2.27 bits per heavy atom. The van der Waals surface area contributed by atoms with Crippen molar-refractivity contribution in [3.8, 4) is 0 Å². The lowest BCUT2D eigenvalue weighted by atomic mass is 9.84. The molecule has 2 aliphatic carbocycles. The van der Waals surface area contributed by atoms with Crippen molar-refractivity contribution in [1.82, 2.24) is 0 Å². The molecule has 2 fully saturated rings. The number of hydrogen-bond acceptors (Lipinski definition) is 2. The number of carbonyl (C=O) groups excluding carboxylic acids is 1. The predicted molar refractivity (Wildman–Crippen MR) is 59.3 cm³/mol. The zero-order valence-corrected chi connectivity index (χ0v) is 9.29. The normalized spacial score (nSPS) is 37.7. The molecule has 0 saturated heterocycles. The first-order valence-corrected chi connectivity index (χ1v) is 5.60. The van der Waals surface area contributed by atoms with Gasteiger partial charge in [-0.1, -0.05) is 13.2 Å². The molecule has 15 heavy (non-hydrogen) atoms. The van der Waals surface area contributed by atoms with Gasteiger partial charge in [0.1, 0.15) is 5.60 Å². The van der Waals surface area contributed by atoms with E-state index in [4.69, 9.17) is 4.74 Å². The summed E-state index contributed by atoms with van der Waals surface area (Å²) in [6, 6.07) is 0. The molecule has 3 atom stereocenters. The van der Waals surface area contributed by atoms with Gasteiger partial charge in [-0.2, -0.15) is 0 Å². The van der Waals surface area contributed by atoms with Crippen molar-refractivity contribution in [2.24, 2.45) is 11.8 Å². The largest absolute Gasteiger partial charge is 0.451 e. The molecule has 0 amide bonds. The molecule has 0 heterocycles. The van der Waals surface area contributed by atoms with Crippen LogP contribution in [0.5, 0.6) is 0 Å². The number of ether oxygens (including phenoxy) is 1. The standard InChI is InChI=1S/C13H18O2/c1-4-13(15-12(14)9(2)3)8-10-5-6-11(13)7-10/h4,10-11H,1-2,5-8H2,3H3. The summed E-state index contributed by atoms with van der Waals surface area (Å²) in [5, 5.41) is 0. The maximum Gasteiger partial charge on any atom is 0.333 e. The minimum Gasteiger partial charge on any atom is -0.451 e. The van der Waals surface area contributed by atoms with Gasteiger partial charge in [-0.15, -0.1) is 0 Å². The van der Waals surface area contributed by atoms with Gasteiger partial charge in [0.2, 0.25) is 0 Å². The molecule has 3 unspecified atom stereocenters. The molecule has 2 saturated carbocycles. The van der Waals surface area contributed by atoms with E-state index in [-0.39, 0.29) is 11.6 Å². The van der Waals surface area contributed by atoms with Gasteiger partial charge in [0.25, 0.3) is 0 Å². The third-order valence-electron chi connectivity index (χ3n) is 3.82. The van der Waals surface area contributed by atoms with Gasteiger partial charge >= 0.3 is 5.97 Å². The van der Waals surface area contributed by atoms with Crippen molar-refractivity contribution < 1.29 is 9.53 Å². The Morgan fingerprint density at radius 1 is 1.53 bits per heavy atom. The molecule has 0 N–H and O–H groups in total. The third kappa shape index (κ3) is 1.62. The summed E-state index contributed by atoms with van der Waals surface area (Å²) in [4.78, 5) is 11.6. The van der Waals surface area contributed by atoms with Gasteiger partial charge in [0.15, 0.2) is 0 Å². The lowest BCUT2D eigenvalue weighted by molar-refractivity contribution is -0.154. The Hall–Kier alpha value is -1.05. The lowest BCUT2D eigenvalue weighted by Gasteiger charge is -2.34. The molecule has 82 valence electrons. The van der Waals surface area contributed by atoms with Crippen LogP contribution in [0.25, 0.3) is 0 Å². The van der Waals surface area contributed by atoms with E-state index in [2.05, 4.69) is 13.2 Å². The van der Waals surface area contributed by atoms with E-state index >= 15 is 0 Å². The maximum atomic E-state index is 11.6. The highest BCUT2D eigenvalue weighted by molar-refractivity contribution is 5.87. The maximum absolute atomic E-state index is 11.6. The van der Waals surface area contributed by atoms with Gasteiger partial charge in [-0.3, -0.25) is 0 Å². The topological polar surface area (TPSA) is 26.3 Å². The summed E-state index contributed by atoms with van der Waals surface area (Å²) >= 11 is 0. The highest BCUT2D eigenvalue weighted by Gasteiger charge is 2.51. The fraction of sp³-hybridized carbons (Fsp3) is 0.615. The predicted octanol–water partition coefficient (Wildman–Crippen LogP) is 2.85. The Bertz CT molecular complexity index is 318. The Kier molecular flexibility index (Phi) is 2.45. The number of carbonyl (C=O) groups is 1. The Balaban J connectivity index is 2.13. The van der Waals surface area contributed by atoms with Crippen molar-refractivity contribution in [2.75, 3.05) is 0 Å². The lowest BCUT2D eigenvalue weighted by Crippen LogP contribution is -2.38. The molecule has 0 aromatic rings. The minimum atomic E-state index is -0.390. The minimum absolute atomic E-state index is 0.276. The van der Waals surface area contributed by atoms with Crippen molar-refractivity contribution >= 4 is 5.97 Å². The van der Waals surface area contributed by atoms with Crippen LogP contribution >= 0.6 is 0 Å². The van der Waals surface area contributed by atoms with Crippen LogP contribution in [-0.4, -0.2) is 11.6 Å². The van der Waals surface area contributed by atoms with Crippen LogP contribution in [0.1, 0.15) is 32.6 Å². The van der Waals surface area contributed by atoms with Gasteiger partial charge < -0.3 is 4.74 Å². The van der Waals surface area contributed by atoms with E-state index in [0.717, 1.165) is 12.3 Å². The van der Waals surface area contributed by atoms with Crippen molar-refractivity contribution in [1.29, 1.82) is 0 Å². The van der Waals surface area contributed by atoms with Crippen LogP contribution in [0.15, 0.2) is 24.8 Å². The van der Waals surface area contributed by atoms with Crippen LogP contribution in [0.2, 0.25) is 0 Å². The van der Waals surface area contributed by atoms with Crippen LogP contribution in [0.4, 0.5) is 0 Å². The Morgan fingerprint density at radius 3 is 2.67 bits per heavy atom. The summed E-state index contributed by atoms with van der Waals surface area (Å²) in [6.45, 7) is 9.14. The van der Waals surface area contributed by atoms with Gasteiger partial charge in [-0.25, -0.2) is 4.79 Å². The zero-order valence-electron chi connectivity index (χ0n) is 9.29. The second kappa shape index (κ2) is 3.51. The fourth-order valence-electron chi connectivity index (χ4n) is 3.00. The van der Waals surface area contributed by atoms with Crippen molar-refractivity contribution in [3.05, 3.63) is 24.8 Å². The SMILES string of the molecule is C=CC1(OC(=O)C(=C)C)CC2CCC1C2. The molecular weight excluding hydrogens is 188 g/mol. The number of fused-ring (bicyclic) bond motifs is 2. The van der Waals surface area contributed by atoms with E-state index in [1.165, 1.54) is 19.3 Å². The quantitative estimate of drug-likeness (QED) is 0.403. The molecular formula is C13H18O2. The second-order valence-electron chi connectivity index (χ2n) is 4.91. The molecule has 0 radical (unpaired) electrons. The zero-order chi connectivity index (χ0) is 11.1. The van der Waals surface area contributed by atoms with Gasteiger partial charge in [0, 0.05) is 11.5 Å². The summed E-state index contributed by atoms with van der Waals surface area (Å²) in [5.74, 6) is 0.941. The number of hydrogen-bond donors (Lipinski definition) is 0. The molecule has 0 aliphatic heterocycles. The highest BCUT2D eigenvalue weighted by atomic mass is 16.6. The van der Waals surface area contributed by atoms with E-state index < -0.39 is 0 Å². The Labute approximate surface area is 91.0 Å². The fourth-order valence-corrected chi connectivity index (χ4v) is 3.00. The third-order valence-corrected chi connectivity index (χ3v) is 3.82. The monoisotopic (exact) mass is 206 g/mol. The average Bonchev–Trinajstić information content (AvgIpc) is 2.77. The first-order chi connectivity index (χ1) is 7.07. The van der Waals surface area contributed by atoms with Crippen LogP contribution in [0.3, 0.4) is 0 Å². The van der Waals surface area contributed by atoms with Gasteiger partial charge in [0.05, 0.1) is 0 Å². The molecule has 0 aromatic heterocycles. The van der Waals surface area contributed by atoms with Gasteiger partial charge in [-0.05, 0) is 44.6 Å². The van der Waals surface area contributed by atoms with E-state index in [9.17, 15) is 4.79 Å². The summed E-state index contributed by atoms with van der Waals surface area (Å²) < 4.78 is 5.59. The number of rotatable bonds is 3. The molecule has 2 heteroatoms. The first-order valence-electron chi connectivity index (χ1n) is 5.60. The number of esters is 1. The highest BCUT2D eigenvalue weighted by Crippen LogP contribution is 2.53. The molecule has 0 aromatic carbocycles. The van der Waals surface area contributed by atoms with Crippen molar-refractivity contribution in [3.63, 3.8) is 0 Å². The van der Waals surface area contributed by atoms with E-state index in [0.29, 0.717) is 11.5 Å². The summed E-state index contributed by atoms with van der Waals surface area (Å²) in [7, 11) is 0. The van der Waals surface area contributed by atoms with Crippen LogP contribution in [0, 0.1) is 11.8 Å². The smallest absolute Gasteiger partial charge is 0.333 e. The molecule has 2 rings (SSSR count). The van der Waals surface area contributed by atoms with Crippen LogP contribution < -0.4 is 0 Å². The summed E-state index contributed by atoms with van der Waals surface area (Å²) in [6.07, 6.45) is 6.43. The molecule has 2 aliphatic rings. The van der Waals surface area contributed by atoms with Crippen molar-refractivity contribution in [2.45, 2.75) is 38.2 Å². The average molecular weight is 206 g/mol. The second-order valence-corrected chi connectivity index (χ2v) is 4.91. The molecule has 2 bridgehead atoms. The van der Waals surface area contributed by atoms with E-state index in [1.807, 2.05) is 6.08 Å². The van der Waals surface area contributed by atoms with Crippen LogP contribution in [-0.2, 0) is 9.53 Å².